The van der Waals surface area contributed by atoms with Crippen LogP contribution in [0.2, 0.25) is 0 Å². The number of carboxylic acids is 1. The van der Waals surface area contributed by atoms with E-state index in [1.807, 2.05) is 7.05 Å². The van der Waals surface area contributed by atoms with Crippen LogP contribution in [0.4, 0.5) is 0 Å². The number of aryl methyl sites for hydroxylation is 1. The van der Waals surface area contributed by atoms with Crippen molar-refractivity contribution in [3.8, 4) is 10.4 Å². The molecule has 3 nitrogen and oxygen atoms in total. The van der Waals surface area contributed by atoms with E-state index in [-0.39, 0.29) is 10.8 Å². The highest BCUT2D eigenvalue weighted by molar-refractivity contribution is 7.16. The third-order valence-electron chi connectivity index (χ3n) is 7.07. The molecule has 1 aromatic carbocycles. The zero-order valence-corrected chi connectivity index (χ0v) is 18.8. The zero-order chi connectivity index (χ0) is 20.6. The number of likely N-dealkylation sites (N-methyl/N-ethyl adjacent to an activating group) is 1. The van der Waals surface area contributed by atoms with E-state index in [0.29, 0.717) is 5.56 Å². The molecule has 156 valence electrons. The molecule has 4 rings (SSSR count). The van der Waals surface area contributed by atoms with Gasteiger partial charge in [0.1, 0.15) is 0 Å². The van der Waals surface area contributed by atoms with E-state index in [1.165, 1.54) is 42.5 Å². The molecule has 29 heavy (non-hydrogen) atoms. The summed E-state index contributed by atoms with van der Waals surface area (Å²) in [5.41, 5.74) is 4.48. The van der Waals surface area contributed by atoms with Crippen molar-refractivity contribution in [3.63, 3.8) is 0 Å². The molecule has 2 aliphatic rings. The van der Waals surface area contributed by atoms with E-state index >= 15 is 0 Å². The molecule has 0 unspecified atom stereocenters. The Morgan fingerprint density at radius 3 is 2.41 bits per heavy atom. The summed E-state index contributed by atoms with van der Waals surface area (Å²) in [6.45, 7) is 5.51. The van der Waals surface area contributed by atoms with Gasteiger partial charge in [-0.2, -0.15) is 0 Å². The first kappa shape index (κ1) is 20.6. The van der Waals surface area contributed by atoms with Crippen molar-refractivity contribution in [2.75, 3.05) is 13.6 Å². The van der Waals surface area contributed by atoms with Gasteiger partial charge in [-0.25, -0.2) is 4.79 Å². The molecule has 1 fully saturated rings. The van der Waals surface area contributed by atoms with Crippen molar-refractivity contribution in [2.45, 2.75) is 70.6 Å². The van der Waals surface area contributed by atoms with Crippen LogP contribution in [0.1, 0.15) is 78.7 Å². The maximum absolute atomic E-state index is 12.2. The number of benzene rings is 1. The second kappa shape index (κ2) is 7.88. The van der Waals surface area contributed by atoms with E-state index in [9.17, 15) is 9.90 Å². The van der Waals surface area contributed by atoms with E-state index in [4.69, 9.17) is 0 Å². The van der Waals surface area contributed by atoms with E-state index in [1.54, 1.807) is 11.3 Å². The van der Waals surface area contributed by atoms with Crippen LogP contribution >= 0.6 is 11.3 Å². The van der Waals surface area contributed by atoms with Gasteiger partial charge in [0.2, 0.25) is 0 Å². The lowest BCUT2D eigenvalue weighted by Crippen LogP contribution is -2.38. The fourth-order valence-electron chi connectivity index (χ4n) is 5.46. The number of aromatic carboxylic acids is 1. The Kier molecular flexibility index (Phi) is 5.60. The van der Waals surface area contributed by atoms with Crippen molar-refractivity contribution in [3.05, 3.63) is 45.8 Å². The Labute approximate surface area is 178 Å². The van der Waals surface area contributed by atoms with Crippen LogP contribution in [0, 0.1) is 5.41 Å². The average Bonchev–Trinajstić information content (AvgIpc) is 3.07. The highest BCUT2D eigenvalue weighted by Crippen LogP contribution is 2.46. The minimum absolute atomic E-state index is 0.180. The first-order valence-corrected chi connectivity index (χ1v) is 11.8. The first-order valence-electron chi connectivity index (χ1n) is 11.0. The minimum atomic E-state index is -0.779. The molecular formula is C25H33NO2S. The molecule has 2 N–H and O–H groups in total. The van der Waals surface area contributed by atoms with Crippen LogP contribution in [0.25, 0.3) is 10.4 Å². The molecule has 1 aromatic heterocycles. The van der Waals surface area contributed by atoms with Gasteiger partial charge in [0, 0.05) is 21.7 Å². The van der Waals surface area contributed by atoms with Crippen LogP contribution < -0.4 is 5.32 Å². The summed E-state index contributed by atoms with van der Waals surface area (Å²) < 4.78 is 0. The quantitative estimate of drug-likeness (QED) is 0.630. The van der Waals surface area contributed by atoms with Gasteiger partial charge >= 0.3 is 5.97 Å². The Morgan fingerprint density at radius 2 is 1.79 bits per heavy atom. The van der Waals surface area contributed by atoms with Gasteiger partial charge in [0.25, 0.3) is 0 Å². The predicted molar refractivity (Wildman–Crippen MR) is 121 cm³/mol. The second-order valence-corrected chi connectivity index (χ2v) is 10.9. The van der Waals surface area contributed by atoms with E-state index in [2.05, 4.69) is 43.4 Å². The maximum Gasteiger partial charge on any atom is 0.337 e. The molecule has 0 bridgehead atoms. The molecule has 1 heterocycles. The summed E-state index contributed by atoms with van der Waals surface area (Å²) >= 11 is 1.70. The first-order chi connectivity index (χ1) is 13.9. The monoisotopic (exact) mass is 411 g/mol. The molecule has 0 amide bonds. The second-order valence-electron chi connectivity index (χ2n) is 9.80. The number of carboxylic acid groups (broad SMARTS) is 1. The lowest BCUT2D eigenvalue weighted by molar-refractivity contribution is 0.0696. The SMILES string of the molecule is CNCC1(c2ccc(-c3sc4c(c3C(=O)O)CC(C)(C)CC4)cc2)CCCCC1. The van der Waals surface area contributed by atoms with Gasteiger partial charge in [-0.1, -0.05) is 57.4 Å². The van der Waals surface area contributed by atoms with Gasteiger partial charge in [0.05, 0.1) is 5.56 Å². The molecule has 0 aliphatic heterocycles. The number of fused-ring (bicyclic) bond motifs is 1. The molecule has 0 radical (unpaired) electrons. The molecule has 0 saturated heterocycles. The van der Waals surface area contributed by atoms with Crippen LogP contribution in [-0.4, -0.2) is 24.7 Å². The third-order valence-corrected chi connectivity index (χ3v) is 8.41. The van der Waals surface area contributed by atoms with Crippen LogP contribution in [0.3, 0.4) is 0 Å². The predicted octanol–water partition coefficient (Wildman–Crippen LogP) is 6.05. The van der Waals surface area contributed by atoms with Crippen LogP contribution in [0.5, 0.6) is 0 Å². The highest BCUT2D eigenvalue weighted by Gasteiger charge is 2.35. The fraction of sp³-hybridized carbons (Fsp3) is 0.560. The lowest BCUT2D eigenvalue weighted by atomic mass is 9.69. The highest BCUT2D eigenvalue weighted by atomic mass is 32.1. The third kappa shape index (κ3) is 3.89. The number of carbonyl (C=O) groups is 1. The standard InChI is InChI=1S/C25H33NO2S/c1-24(2)14-11-20-19(15-24)21(23(27)28)22(29-20)17-7-9-18(10-8-17)25(16-26-3)12-5-4-6-13-25/h7-10,26H,4-6,11-16H2,1-3H3,(H,27,28). The minimum Gasteiger partial charge on any atom is -0.478 e. The van der Waals surface area contributed by atoms with Crippen molar-refractivity contribution >= 4 is 17.3 Å². The Morgan fingerprint density at radius 1 is 1.10 bits per heavy atom. The van der Waals surface area contributed by atoms with Crippen LogP contribution in [-0.2, 0) is 18.3 Å². The van der Waals surface area contributed by atoms with Gasteiger partial charge in [-0.05, 0) is 61.3 Å². The summed E-state index contributed by atoms with van der Waals surface area (Å²) in [7, 11) is 2.04. The summed E-state index contributed by atoms with van der Waals surface area (Å²) in [5.74, 6) is -0.779. The Bertz CT molecular complexity index is 883. The normalized spacial score (nSPS) is 20.2. The van der Waals surface area contributed by atoms with Gasteiger partial charge in [-0.3, -0.25) is 0 Å². The van der Waals surface area contributed by atoms with Crippen molar-refractivity contribution in [1.82, 2.24) is 5.32 Å². The zero-order valence-electron chi connectivity index (χ0n) is 17.9. The van der Waals surface area contributed by atoms with Crippen molar-refractivity contribution in [2.24, 2.45) is 5.41 Å². The molecule has 1 saturated carbocycles. The largest absolute Gasteiger partial charge is 0.478 e. The number of hydrogen-bond donors (Lipinski definition) is 2. The molecule has 0 spiro atoms. The topological polar surface area (TPSA) is 49.3 Å². The number of thiophene rings is 1. The van der Waals surface area contributed by atoms with Crippen molar-refractivity contribution < 1.29 is 9.90 Å². The molecular weight excluding hydrogens is 378 g/mol. The molecule has 4 heteroatoms. The molecule has 0 atom stereocenters. The average molecular weight is 412 g/mol. The van der Waals surface area contributed by atoms with E-state index < -0.39 is 5.97 Å². The van der Waals surface area contributed by atoms with E-state index in [0.717, 1.165) is 41.8 Å². The summed E-state index contributed by atoms with van der Waals surface area (Å²) in [5, 5.41) is 13.4. The number of rotatable bonds is 5. The van der Waals surface area contributed by atoms with Crippen molar-refractivity contribution in [1.29, 1.82) is 0 Å². The number of hydrogen-bond acceptors (Lipinski definition) is 3. The van der Waals surface area contributed by atoms with Gasteiger partial charge in [-0.15, -0.1) is 11.3 Å². The Hall–Kier alpha value is -1.65. The van der Waals surface area contributed by atoms with Gasteiger partial charge < -0.3 is 10.4 Å². The number of nitrogens with one attached hydrogen (secondary N) is 1. The molecule has 2 aliphatic carbocycles. The van der Waals surface area contributed by atoms with Gasteiger partial charge in [0.15, 0.2) is 0 Å². The lowest BCUT2D eigenvalue weighted by Gasteiger charge is -2.38. The van der Waals surface area contributed by atoms with Crippen LogP contribution in [0.15, 0.2) is 24.3 Å². The molecule has 2 aromatic rings. The smallest absolute Gasteiger partial charge is 0.337 e. The Balaban J connectivity index is 1.71. The maximum atomic E-state index is 12.2. The summed E-state index contributed by atoms with van der Waals surface area (Å²) in [6.07, 6.45) is 9.37. The summed E-state index contributed by atoms with van der Waals surface area (Å²) in [4.78, 5) is 14.4. The fourth-order valence-corrected chi connectivity index (χ4v) is 6.77. The summed E-state index contributed by atoms with van der Waals surface area (Å²) in [6, 6.07) is 8.84.